The molecular weight excluding hydrogens is 701 g/mol. The minimum absolute atomic E-state index is 0.0241. The normalized spacial score (nSPS) is 14.6. The van der Waals surface area contributed by atoms with Gasteiger partial charge in [-0.15, -0.1) is 0 Å². The molecule has 1 fully saturated rings. The number of alkyl halides is 3. The molecule has 11 nitrogen and oxygen atoms in total. The summed E-state index contributed by atoms with van der Waals surface area (Å²) in [6.07, 6.45) is -3.26. The monoisotopic (exact) mass is 748 g/mol. The molecule has 2 unspecified atom stereocenters. The van der Waals surface area contributed by atoms with Crippen LogP contribution >= 0.6 is 0 Å². The second-order valence-corrected chi connectivity index (χ2v) is 15.4. The Morgan fingerprint density at radius 2 is 1.48 bits per heavy atom. The van der Waals surface area contributed by atoms with E-state index >= 15 is 0 Å². The molecule has 1 saturated carbocycles. The standard InChI is InChI=1S/C40H47F3N6O5/c1-38(2,3)53-36(51)33(44)26-11-8-12-27(19-26)34(45-22-24-16-17-24)28-13-9-14-29(20-28)47-35(50)31-21-32(40(41,42)43)48-49(31)30-15-7-10-25(18-30)23-46-37(52)54-39(4,5)6/h7-15,18-21,24,33-34,45H,16-17,22-23,44H2,1-6H3,(H,46,52)(H,47,50). The second-order valence-electron chi connectivity index (χ2n) is 15.4. The van der Waals surface area contributed by atoms with Gasteiger partial charge in [-0.2, -0.15) is 18.3 Å². The Balaban J connectivity index is 1.41. The van der Waals surface area contributed by atoms with Crippen LogP contribution in [0, 0.1) is 5.92 Å². The lowest BCUT2D eigenvalue weighted by molar-refractivity contribution is -0.156. The van der Waals surface area contributed by atoms with Gasteiger partial charge in [-0.25, -0.2) is 14.3 Å². The van der Waals surface area contributed by atoms with Gasteiger partial charge in [0, 0.05) is 18.3 Å². The fourth-order valence-electron chi connectivity index (χ4n) is 5.62. The smallest absolute Gasteiger partial charge is 0.435 e. The Morgan fingerprint density at radius 1 is 0.852 bits per heavy atom. The van der Waals surface area contributed by atoms with Gasteiger partial charge in [0.05, 0.1) is 11.7 Å². The van der Waals surface area contributed by atoms with E-state index in [0.717, 1.165) is 35.2 Å². The van der Waals surface area contributed by atoms with Crippen molar-refractivity contribution in [3.8, 4) is 5.69 Å². The van der Waals surface area contributed by atoms with E-state index < -0.39 is 47.1 Å². The molecule has 0 spiro atoms. The summed E-state index contributed by atoms with van der Waals surface area (Å²) < 4.78 is 53.5. The number of ether oxygens (including phenoxy) is 2. The van der Waals surface area contributed by atoms with Gasteiger partial charge < -0.3 is 31.2 Å². The van der Waals surface area contributed by atoms with Gasteiger partial charge in [0.1, 0.15) is 22.9 Å². The number of nitrogens with zero attached hydrogens (tertiary/aromatic N) is 2. The summed E-state index contributed by atoms with van der Waals surface area (Å²) in [6.45, 7) is 11.2. The molecule has 0 saturated heterocycles. The van der Waals surface area contributed by atoms with Crippen molar-refractivity contribution in [2.24, 2.45) is 11.7 Å². The maximum Gasteiger partial charge on any atom is 0.435 e. The number of carbonyl (C=O) groups is 3. The summed E-state index contributed by atoms with van der Waals surface area (Å²) in [5.41, 5.74) is 6.54. The number of anilines is 1. The van der Waals surface area contributed by atoms with Crippen LogP contribution in [0.3, 0.4) is 0 Å². The molecule has 2 atom stereocenters. The van der Waals surface area contributed by atoms with Crippen LogP contribution in [-0.4, -0.2) is 45.5 Å². The third-order valence-corrected chi connectivity index (χ3v) is 8.27. The molecule has 0 bridgehead atoms. The molecule has 5 rings (SSSR count). The quantitative estimate of drug-likeness (QED) is 0.108. The summed E-state index contributed by atoms with van der Waals surface area (Å²) in [4.78, 5) is 38.7. The minimum atomic E-state index is -4.82. The summed E-state index contributed by atoms with van der Waals surface area (Å²) >= 11 is 0. The van der Waals surface area contributed by atoms with Gasteiger partial charge in [0.2, 0.25) is 0 Å². The number of nitrogens with one attached hydrogen (secondary N) is 3. The van der Waals surface area contributed by atoms with Crippen LogP contribution in [0.2, 0.25) is 0 Å². The molecule has 4 aromatic rings. The van der Waals surface area contributed by atoms with Crippen LogP contribution < -0.4 is 21.7 Å². The van der Waals surface area contributed by atoms with Crippen molar-refractivity contribution < 1.29 is 37.0 Å². The number of rotatable bonds is 12. The van der Waals surface area contributed by atoms with Crippen molar-refractivity contribution in [3.05, 3.63) is 113 Å². The van der Waals surface area contributed by atoms with Gasteiger partial charge in [-0.05, 0) is 113 Å². The molecule has 14 heteroatoms. The first-order chi connectivity index (χ1) is 25.3. The number of alkyl carbamates (subject to hydrolysis) is 1. The first kappa shape index (κ1) is 40.0. The highest BCUT2D eigenvalue weighted by Gasteiger charge is 2.36. The van der Waals surface area contributed by atoms with E-state index in [-0.39, 0.29) is 24.0 Å². The highest BCUT2D eigenvalue weighted by molar-refractivity contribution is 6.03. The molecule has 5 N–H and O–H groups in total. The minimum Gasteiger partial charge on any atom is -0.459 e. The molecular formula is C40H47F3N6O5. The topological polar surface area (TPSA) is 150 Å². The average Bonchev–Trinajstić information content (AvgIpc) is 3.79. The number of aromatic nitrogens is 2. The number of halogens is 3. The first-order valence-electron chi connectivity index (χ1n) is 17.7. The molecule has 2 amide bonds. The predicted octanol–water partition coefficient (Wildman–Crippen LogP) is 7.60. The summed E-state index contributed by atoms with van der Waals surface area (Å²) in [7, 11) is 0. The lowest BCUT2D eigenvalue weighted by atomic mass is 9.94. The number of hydrogen-bond donors (Lipinski definition) is 4. The van der Waals surface area contributed by atoms with E-state index in [1.54, 1.807) is 77.9 Å². The maximum absolute atomic E-state index is 13.9. The summed E-state index contributed by atoms with van der Waals surface area (Å²) in [6, 6.07) is 20.0. The van der Waals surface area contributed by atoms with Gasteiger partial charge in [-0.3, -0.25) is 4.79 Å². The zero-order chi connectivity index (χ0) is 39.4. The molecule has 1 aliphatic carbocycles. The fraction of sp³-hybridized carbons (Fsp3) is 0.400. The number of carbonyl (C=O) groups excluding carboxylic acids is 3. The van der Waals surface area contributed by atoms with E-state index in [4.69, 9.17) is 15.2 Å². The Kier molecular flexibility index (Phi) is 11.9. The molecule has 1 aliphatic rings. The van der Waals surface area contributed by atoms with Crippen molar-refractivity contribution in [3.63, 3.8) is 0 Å². The fourth-order valence-corrected chi connectivity index (χ4v) is 5.62. The van der Waals surface area contributed by atoms with Crippen molar-refractivity contribution >= 4 is 23.7 Å². The molecule has 54 heavy (non-hydrogen) atoms. The van der Waals surface area contributed by atoms with Crippen LogP contribution in [0.5, 0.6) is 0 Å². The molecule has 0 aliphatic heterocycles. The van der Waals surface area contributed by atoms with Crippen LogP contribution in [-0.2, 0) is 27.0 Å². The lowest BCUT2D eigenvalue weighted by Crippen LogP contribution is -2.32. The van der Waals surface area contributed by atoms with Crippen LogP contribution in [0.1, 0.15) is 105 Å². The van der Waals surface area contributed by atoms with Crippen LogP contribution in [0.25, 0.3) is 5.69 Å². The number of benzene rings is 3. The molecule has 1 heterocycles. The average molecular weight is 749 g/mol. The summed E-state index contributed by atoms with van der Waals surface area (Å²) in [5, 5.41) is 12.7. The Hall–Kier alpha value is -5.21. The molecule has 288 valence electrons. The van der Waals surface area contributed by atoms with Crippen molar-refractivity contribution in [2.75, 3.05) is 11.9 Å². The third kappa shape index (κ3) is 11.2. The van der Waals surface area contributed by atoms with E-state index in [0.29, 0.717) is 28.8 Å². The van der Waals surface area contributed by atoms with E-state index in [9.17, 15) is 27.6 Å². The lowest BCUT2D eigenvalue weighted by Gasteiger charge is -2.24. The van der Waals surface area contributed by atoms with Gasteiger partial charge in [0.25, 0.3) is 5.91 Å². The van der Waals surface area contributed by atoms with E-state index in [1.807, 2.05) is 24.3 Å². The first-order valence-corrected chi connectivity index (χ1v) is 17.7. The Labute approximate surface area is 312 Å². The second kappa shape index (κ2) is 16.0. The molecule has 0 radical (unpaired) electrons. The molecule has 3 aromatic carbocycles. The number of esters is 1. The SMILES string of the molecule is CC(C)(C)OC(=O)NCc1cccc(-n2nc(C(F)(F)F)cc2C(=O)Nc2cccc(C(NCC3CC3)c3cccc(C(N)C(=O)OC(C)(C)C)c3)c2)c1. The number of hydrogen-bond acceptors (Lipinski definition) is 8. The van der Waals surface area contributed by atoms with Crippen molar-refractivity contribution in [1.82, 2.24) is 20.4 Å². The third-order valence-electron chi connectivity index (χ3n) is 8.27. The van der Waals surface area contributed by atoms with Gasteiger partial charge >= 0.3 is 18.2 Å². The zero-order valence-electron chi connectivity index (χ0n) is 31.2. The number of nitrogens with two attached hydrogens (primary N) is 1. The van der Waals surface area contributed by atoms with Crippen molar-refractivity contribution in [2.45, 2.75) is 90.4 Å². The largest absolute Gasteiger partial charge is 0.459 e. The molecule has 1 aromatic heterocycles. The zero-order valence-corrected chi connectivity index (χ0v) is 31.2. The van der Waals surface area contributed by atoms with E-state index in [1.165, 1.54) is 12.1 Å². The summed E-state index contributed by atoms with van der Waals surface area (Å²) in [5.74, 6) is -0.846. The van der Waals surface area contributed by atoms with Gasteiger partial charge in [0.15, 0.2) is 5.69 Å². The predicted molar refractivity (Wildman–Crippen MR) is 198 cm³/mol. The van der Waals surface area contributed by atoms with Gasteiger partial charge in [-0.1, -0.05) is 48.5 Å². The van der Waals surface area contributed by atoms with Crippen LogP contribution in [0.15, 0.2) is 78.9 Å². The van der Waals surface area contributed by atoms with Crippen molar-refractivity contribution in [1.29, 1.82) is 0 Å². The highest BCUT2D eigenvalue weighted by atomic mass is 19.4. The maximum atomic E-state index is 13.9. The Morgan fingerprint density at radius 3 is 2.13 bits per heavy atom. The number of amides is 2. The Bertz CT molecular complexity index is 1980. The highest BCUT2D eigenvalue weighted by Crippen LogP contribution is 2.33. The van der Waals surface area contributed by atoms with Crippen LogP contribution in [0.4, 0.5) is 23.7 Å². The van der Waals surface area contributed by atoms with E-state index in [2.05, 4.69) is 21.0 Å².